The van der Waals surface area contributed by atoms with E-state index in [9.17, 15) is 8.42 Å². The van der Waals surface area contributed by atoms with Gasteiger partial charge in [0.1, 0.15) is 0 Å². The minimum absolute atomic E-state index is 0.160. The summed E-state index contributed by atoms with van der Waals surface area (Å²) >= 11 is 0. The van der Waals surface area contributed by atoms with E-state index in [1.54, 1.807) is 0 Å². The zero-order chi connectivity index (χ0) is 13.9. The molecule has 4 nitrogen and oxygen atoms in total. The summed E-state index contributed by atoms with van der Waals surface area (Å²) < 4.78 is 23.1. The lowest BCUT2D eigenvalue weighted by atomic mass is 10.1. The third kappa shape index (κ3) is 3.78. The number of hydrogen-bond donors (Lipinski definition) is 1. The van der Waals surface area contributed by atoms with Crippen LogP contribution < -0.4 is 5.32 Å². The molecule has 0 radical (unpaired) electrons. The van der Waals surface area contributed by atoms with Crippen molar-refractivity contribution in [2.75, 3.05) is 25.6 Å². The van der Waals surface area contributed by atoms with E-state index in [1.165, 1.54) is 11.1 Å². The maximum absolute atomic E-state index is 11.5. The van der Waals surface area contributed by atoms with Crippen LogP contribution in [0.2, 0.25) is 0 Å². The summed E-state index contributed by atoms with van der Waals surface area (Å²) in [5, 5.41) is 3.17. The Bertz CT molecular complexity index is 528. The van der Waals surface area contributed by atoms with Gasteiger partial charge in [-0.05, 0) is 31.6 Å². The highest BCUT2D eigenvalue weighted by Crippen LogP contribution is 2.19. The summed E-state index contributed by atoms with van der Waals surface area (Å²) in [7, 11) is 1.14. The number of nitrogens with one attached hydrogen (secondary N) is 1. The van der Waals surface area contributed by atoms with Crippen LogP contribution in [0, 0.1) is 0 Å². The molecule has 0 saturated carbocycles. The van der Waals surface area contributed by atoms with Crippen LogP contribution in [-0.4, -0.2) is 45.0 Å². The van der Waals surface area contributed by atoms with Crippen molar-refractivity contribution in [3.05, 3.63) is 35.4 Å². The third-order valence-electron chi connectivity index (χ3n) is 3.74. The molecule has 0 aliphatic carbocycles. The summed E-state index contributed by atoms with van der Waals surface area (Å²) in [4.78, 5) is 2.17. The lowest BCUT2D eigenvalue weighted by Gasteiger charge is -2.24. The number of sulfone groups is 1. The first-order valence-electron chi connectivity index (χ1n) is 6.64. The Morgan fingerprint density at radius 3 is 2.58 bits per heavy atom. The lowest BCUT2D eigenvalue weighted by molar-refractivity contribution is 0.253. The topological polar surface area (TPSA) is 49.4 Å². The highest BCUT2D eigenvalue weighted by Gasteiger charge is 2.30. The van der Waals surface area contributed by atoms with E-state index >= 15 is 0 Å². The zero-order valence-electron chi connectivity index (χ0n) is 11.6. The Hall–Kier alpha value is -0.910. The van der Waals surface area contributed by atoms with Crippen LogP contribution in [0.5, 0.6) is 0 Å². The molecule has 19 heavy (non-hydrogen) atoms. The van der Waals surface area contributed by atoms with Crippen molar-refractivity contribution in [1.29, 1.82) is 0 Å². The standard InChI is InChI=1S/C14H22N2O2S/c1-15-9-12-5-3-4-6-13(12)10-16(2)14-7-8-19(17,18)11-14/h3-6,14-15H,7-11H2,1-2H3. The van der Waals surface area contributed by atoms with Crippen LogP contribution in [0.25, 0.3) is 0 Å². The monoisotopic (exact) mass is 282 g/mol. The predicted molar refractivity (Wildman–Crippen MR) is 77.7 cm³/mol. The second kappa shape index (κ2) is 6.03. The lowest BCUT2D eigenvalue weighted by Crippen LogP contribution is -2.32. The minimum atomic E-state index is -2.81. The van der Waals surface area contributed by atoms with Gasteiger partial charge in [-0.2, -0.15) is 0 Å². The summed E-state index contributed by atoms with van der Waals surface area (Å²) in [5.41, 5.74) is 2.54. The van der Waals surface area contributed by atoms with Gasteiger partial charge >= 0.3 is 0 Å². The van der Waals surface area contributed by atoms with Crippen LogP contribution in [0.4, 0.5) is 0 Å². The number of benzene rings is 1. The molecule has 2 rings (SSSR count). The summed E-state index contributed by atoms with van der Waals surface area (Å²) in [5.74, 6) is 0.637. The summed E-state index contributed by atoms with van der Waals surface area (Å²) in [6.45, 7) is 1.64. The van der Waals surface area contributed by atoms with Gasteiger partial charge < -0.3 is 5.32 Å². The Kier molecular flexibility index (Phi) is 4.60. The van der Waals surface area contributed by atoms with Crippen LogP contribution in [0.15, 0.2) is 24.3 Å². The normalized spacial score (nSPS) is 21.9. The van der Waals surface area contributed by atoms with Crippen molar-refractivity contribution in [3.8, 4) is 0 Å². The number of nitrogens with zero attached hydrogens (tertiary/aromatic N) is 1. The maximum Gasteiger partial charge on any atom is 0.151 e. The van der Waals surface area contributed by atoms with Crippen LogP contribution >= 0.6 is 0 Å². The first-order chi connectivity index (χ1) is 9.02. The Morgan fingerprint density at radius 2 is 2.00 bits per heavy atom. The molecular formula is C14H22N2O2S. The quantitative estimate of drug-likeness (QED) is 0.876. The molecular weight excluding hydrogens is 260 g/mol. The first kappa shape index (κ1) is 14.5. The average Bonchev–Trinajstić information content (AvgIpc) is 2.73. The van der Waals surface area contributed by atoms with E-state index in [4.69, 9.17) is 0 Å². The molecule has 5 heteroatoms. The molecule has 0 aromatic heterocycles. The zero-order valence-corrected chi connectivity index (χ0v) is 12.4. The molecule has 1 fully saturated rings. The Labute approximate surface area is 115 Å². The van der Waals surface area contributed by atoms with E-state index in [0.717, 1.165) is 19.5 Å². The molecule has 0 amide bonds. The fraction of sp³-hybridized carbons (Fsp3) is 0.571. The Morgan fingerprint density at radius 1 is 1.32 bits per heavy atom. The van der Waals surface area contributed by atoms with Gasteiger partial charge in [-0.25, -0.2) is 8.42 Å². The van der Waals surface area contributed by atoms with Crippen molar-refractivity contribution in [2.45, 2.75) is 25.6 Å². The van der Waals surface area contributed by atoms with Crippen molar-refractivity contribution < 1.29 is 8.42 Å². The molecule has 1 aromatic rings. The van der Waals surface area contributed by atoms with Gasteiger partial charge in [-0.15, -0.1) is 0 Å². The van der Waals surface area contributed by atoms with Gasteiger partial charge in [-0.3, -0.25) is 4.90 Å². The average molecular weight is 282 g/mol. The molecule has 1 N–H and O–H groups in total. The highest BCUT2D eigenvalue weighted by molar-refractivity contribution is 7.91. The second-order valence-corrected chi connectivity index (χ2v) is 7.50. The van der Waals surface area contributed by atoms with Gasteiger partial charge in [0, 0.05) is 19.1 Å². The van der Waals surface area contributed by atoms with Crippen LogP contribution in [0.3, 0.4) is 0 Å². The molecule has 1 aliphatic rings. The Balaban J connectivity index is 2.05. The smallest absolute Gasteiger partial charge is 0.151 e. The van der Waals surface area contributed by atoms with E-state index in [-0.39, 0.29) is 6.04 Å². The van der Waals surface area contributed by atoms with E-state index in [2.05, 4.69) is 22.3 Å². The molecule has 0 spiro atoms. The first-order valence-corrected chi connectivity index (χ1v) is 8.46. The third-order valence-corrected chi connectivity index (χ3v) is 5.49. The largest absolute Gasteiger partial charge is 0.316 e. The molecule has 0 bridgehead atoms. The van der Waals surface area contributed by atoms with E-state index in [0.29, 0.717) is 11.5 Å². The minimum Gasteiger partial charge on any atom is -0.316 e. The van der Waals surface area contributed by atoms with Gasteiger partial charge in [0.05, 0.1) is 11.5 Å². The number of rotatable bonds is 5. The molecule has 1 atom stereocenters. The summed E-state index contributed by atoms with van der Waals surface area (Å²) in [6.07, 6.45) is 0.757. The second-order valence-electron chi connectivity index (χ2n) is 5.27. The van der Waals surface area contributed by atoms with E-state index in [1.807, 2.05) is 26.2 Å². The highest BCUT2D eigenvalue weighted by atomic mass is 32.2. The van der Waals surface area contributed by atoms with Gasteiger partial charge in [-0.1, -0.05) is 24.3 Å². The van der Waals surface area contributed by atoms with Crippen molar-refractivity contribution in [2.24, 2.45) is 0 Å². The van der Waals surface area contributed by atoms with Crippen LogP contribution in [-0.2, 0) is 22.9 Å². The van der Waals surface area contributed by atoms with E-state index < -0.39 is 9.84 Å². The van der Waals surface area contributed by atoms with Gasteiger partial charge in [0.2, 0.25) is 0 Å². The molecule has 1 unspecified atom stereocenters. The summed E-state index contributed by atoms with van der Waals surface area (Å²) in [6, 6.07) is 8.47. The van der Waals surface area contributed by atoms with Gasteiger partial charge in [0.25, 0.3) is 0 Å². The fourth-order valence-corrected chi connectivity index (χ4v) is 4.40. The molecule has 1 aromatic carbocycles. The van der Waals surface area contributed by atoms with Crippen LogP contribution in [0.1, 0.15) is 17.5 Å². The SMILES string of the molecule is CNCc1ccccc1CN(C)C1CCS(=O)(=O)C1. The molecule has 1 aliphatic heterocycles. The fourth-order valence-electron chi connectivity index (χ4n) is 2.60. The van der Waals surface area contributed by atoms with Crippen molar-refractivity contribution >= 4 is 9.84 Å². The van der Waals surface area contributed by atoms with Crippen molar-refractivity contribution in [3.63, 3.8) is 0 Å². The molecule has 1 heterocycles. The number of hydrogen-bond acceptors (Lipinski definition) is 4. The molecule has 106 valence electrons. The maximum atomic E-state index is 11.5. The molecule has 1 saturated heterocycles. The predicted octanol–water partition coefficient (Wildman–Crippen LogP) is 1.02. The van der Waals surface area contributed by atoms with Crippen molar-refractivity contribution in [1.82, 2.24) is 10.2 Å². The van der Waals surface area contributed by atoms with Gasteiger partial charge in [0.15, 0.2) is 9.84 Å².